The molecule has 0 unspecified atom stereocenters. The van der Waals surface area contributed by atoms with E-state index in [4.69, 9.17) is 9.47 Å². The number of rotatable bonds is 5. The molecule has 9 heteroatoms. The van der Waals surface area contributed by atoms with Gasteiger partial charge >= 0.3 is 11.9 Å². The minimum Gasteiger partial charge on any atom is -0.419 e. The first-order valence-corrected chi connectivity index (χ1v) is 8.29. The molecule has 0 spiro atoms. The summed E-state index contributed by atoms with van der Waals surface area (Å²) in [6, 6.07) is 13.4. The van der Waals surface area contributed by atoms with Gasteiger partial charge in [-0.05, 0) is 24.3 Å². The fourth-order valence-corrected chi connectivity index (χ4v) is 2.49. The average molecular weight is 383 g/mol. The van der Waals surface area contributed by atoms with Gasteiger partial charge in [-0.3, -0.25) is 10.1 Å². The summed E-state index contributed by atoms with van der Waals surface area (Å²) in [6.07, 6.45) is 1.10. The van der Waals surface area contributed by atoms with E-state index in [0.29, 0.717) is 17.1 Å². The van der Waals surface area contributed by atoms with Gasteiger partial charge in [0.25, 0.3) is 11.5 Å². The molecule has 1 aliphatic heterocycles. The molecule has 9 nitrogen and oxygen atoms in total. The van der Waals surface area contributed by atoms with Crippen LogP contribution in [0.3, 0.4) is 0 Å². The zero-order chi connectivity index (χ0) is 20.3. The van der Waals surface area contributed by atoms with Crippen molar-refractivity contribution in [3.8, 4) is 0 Å². The van der Waals surface area contributed by atoms with E-state index in [1.54, 1.807) is 30.3 Å². The number of carbonyl (C=O) groups is 2. The highest BCUT2D eigenvalue weighted by atomic mass is 16.7. The summed E-state index contributed by atoms with van der Waals surface area (Å²) in [6.45, 7) is 2.88. The van der Waals surface area contributed by atoms with E-state index < -0.39 is 22.6 Å². The van der Waals surface area contributed by atoms with E-state index in [0.717, 1.165) is 6.20 Å². The Labute approximate surface area is 160 Å². The van der Waals surface area contributed by atoms with Crippen LogP contribution in [0.15, 0.2) is 60.3 Å². The Hall–Kier alpha value is -3.88. The third-order valence-corrected chi connectivity index (χ3v) is 3.75. The highest BCUT2D eigenvalue weighted by Crippen LogP contribution is 2.31. The lowest BCUT2D eigenvalue weighted by molar-refractivity contribution is -0.383. The maximum Gasteiger partial charge on any atom is 0.350 e. The van der Waals surface area contributed by atoms with E-state index in [9.17, 15) is 19.7 Å². The number of esters is 2. The molecule has 0 aliphatic carbocycles. The van der Waals surface area contributed by atoms with Gasteiger partial charge in [-0.2, -0.15) is 0 Å². The Balaban J connectivity index is 1.82. The van der Waals surface area contributed by atoms with Crippen molar-refractivity contribution in [1.82, 2.24) is 0 Å². The number of hydrogen-bond donors (Lipinski definition) is 2. The van der Waals surface area contributed by atoms with Crippen molar-refractivity contribution in [2.24, 2.45) is 0 Å². The molecule has 0 aromatic heterocycles. The van der Waals surface area contributed by atoms with Crippen LogP contribution in [0.5, 0.6) is 0 Å². The van der Waals surface area contributed by atoms with Gasteiger partial charge in [-0.1, -0.05) is 18.2 Å². The molecule has 0 saturated carbocycles. The smallest absolute Gasteiger partial charge is 0.350 e. The van der Waals surface area contributed by atoms with Crippen molar-refractivity contribution in [3.63, 3.8) is 0 Å². The molecule has 3 rings (SSSR count). The molecule has 0 bridgehead atoms. The second-order valence-corrected chi connectivity index (χ2v) is 6.36. The van der Waals surface area contributed by atoms with Crippen molar-refractivity contribution < 1.29 is 24.0 Å². The van der Waals surface area contributed by atoms with Gasteiger partial charge < -0.3 is 20.1 Å². The van der Waals surface area contributed by atoms with Crippen LogP contribution in [-0.4, -0.2) is 22.6 Å². The van der Waals surface area contributed by atoms with Crippen molar-refractivity contribution in [2.75, 3.05) is 10.6 Å². The molecule has 2 aromatic carbocycles. The first-order chi connectivity index (χ1) is 13.2. The molecule has 1 heterocycles. The summed E-state index contributed by atoms with van der Waals surface area (Å²) >= 11 is 0. The monoisotopic (exact) mass is 383 g/mol. The van der Waals surface area contributed by atoms with Crippen LogP contribution >= 0.6 is 0 Å². The summed E-state index contributed by atoms with van der Waals surface area (Å²) in [5.41, 5.74) is 0.787. The van der Waals surface area contributed by atoms with Crippen LogP contribution in [0.1, 0.15) is 13.8 Å². The van der Waals surface area contributed by atoms with Crippen LogP contribution in [0, 0.1) is 10.1 Å². The Bertz CT molecular complexity index is 947. The van der Waals surface area contributed by atoms with Crippen LogP contribution in [0.4, 0.5) is 22.7 Å². The fraction of sp³-hybridized carbons (Fsp3) is 0.158. The molecule has 144 valence electrons. The van der Waals surface area contributed by atoms with Gasteiger partial charge in [-0.25, -0.2) is 9.59 Å². The van der Waals surface area contributed by atoms with Gasteiger partial charge in [0.1, 0.15) is 5.69 Å². The molecule has 0 radical (unpaired) electrons. The number of ether oxygens (including phenoxy) is 2. The fourth-order valence-electron chi connectivity index (χ4n) is 2.49. The standard InChI is InChI=1S/C19H17N3O6/c1-19(2)27-17(23)14(18(24)28-19)11-20-13-8-9-15(16(10-13)22(25)26)21-12-6-4-3-5-7-12/h3-11,20-21H,1-2H3. The number of hydrogen-bond acceptors (Lipinski definition) is 8. The third kappa shape index (κ3) is 4.26. The first kappa shape index (κ1) is 18.9. The van der Waals surface area contributed by atoms with Crippen molar-refractivity contribution in [3.05, 3.63) is 70.4 Å². The average Bonchev–Trinajstić information content (AvgIpc) is 2.61. The largest absolute Gasteiger partial charge is 0.419 e. The number of cyclic esters (lactones) is 2. The highest BCUT2D eigenvalue weighted by molar-refractivity contribution is 6.15. The van der Waals surface area contributed by atoms with Crippen LogP contribution < -0.4 is 10.6 Å². The lowest BCUT2D eigenvalue weighted by Crippen LogP contribution is -2.42. The minimum atomic E-state index is -1.34. The number of para-hydroxylation sites is 1. The lowest BCUT2D eigenvalue weighted by Gasteiger charge is -2.29. The highest BCUT2D eigenvalue weighted by Gasteiger charge is 2.38. The maximum atomic E-state index is 11.9. The number of benzene rings is 2. The Kier molecular flexibility index (Phi) is 4.99. The Morgan fingerprint density at radius 1 is 1.00 bits per heavy atom. The number of nitro benzene ring substituents is 1. The van der Waals surface area contributed by atoms with E-state index in [1.807, 2.05) is 6.07 Å². The van der Waals surface area contributed by atoms with Crippen molar-refractivity contribution in [1.29, 1.82) is 0 Å². The zero-order valence-corrected chi connectivity index (χ0v) is 15.1. The van der Waals surface area contributed by atoms with E-state index in [-0.39, 0.29) is 11.3 Å². The molecule has 1 fully saturated rings. The Morgan fingerprint density at radius 2 is 1.64 bits per heavy atom. The molecular formula is C19H17N3O6. The summed E-state index contributed by atoms with van der Waals surface area (Å²) < 4.78 is 9.97. The quantitative estimate of drug-likeness (QED) is 0.265. The lowest BCUT2D eigenvalue weighted by atomic mass is 10.2. The van der Waals surface area contributed by atoms with Crippen molar-refractivity contribution in [2.45, 2.75) is 19.6 Å². The van der Waals surface area contributed by atoms with Gasteiger partial charge in [0.15, 0.2) is 5.57 Å². The number of nitro groups is 1. The second kappa shape index (κ2) is 7.39. The first-order valence-electron chi connectivity index (χ1n) is 8.29. The number of anilines is 3. The second-order valence-electron chi connectivity index (χ2n) is 6.36. The molecule has 2 aromatic rings. The minimum absolute atomic E-state index is 0.179. The van der Waals surface area contributed by atoms with Gasteiger partial charge in [0.05, 0.1) is 4.92 Å². The zero-order valence-electron chi connectivity index (χ0n) is 15.1. The SMILES string of the molecule is CC1(C)OC(=O)C(=CNc2ccc(Nc3ccccc3)c([N+](=O)[O-])c2)C(=O)O1. The van der Waals surface area contributed by atoms with Crippen LogP contribution in [-0.2, 0) is 19.1 Å². The van der Waals surface area contributed by atoms with Gasteiger partial charge in [-0.15, -0.1) is 0 Å². The molecule has 1 aliphatic rings. The summed E-state index contributed by atoms with van der Waals surface area (Å²) in [7, 11) is 0. The van der Waals surface area contributed by atoms with Crippen molar-refractivity contribution >= 4 is 34.7 Å². The topological polar surface area (TPSA) is 120 Å². The molecule has 0 amide bonds. The number of carbonyl (C=O) groups excluding carboxylic acids is 2. The number of nitrogens with one attached hydrogen (secondary N) is 2. The predicted octanol–water partition coefficient (Wildman–Crippen LogP) is 3.47. The van der Waals surface area contributed by atoms with E-state index in [2.05, 4.69) is 10.6 Å². The normalized spacial score (nSPS) is 15.3. The molecule has 1 saturated heterocycles. The summed E-state index contributed by atoms with van der Waals surface area (Å²) in [5.74, 6) is -3.02. The van der Waals surface area contributed by atoms with Crippen LogP contribution in [0.2, 0.25) is 0 Å². The molecule has 2 N–H and O–H groups in total. The van der Waals surface area contributed by atoms with E-state index >= 15 is 0 Å². The maximum absolute atomic E-state index is 11.9. The predicted molar refractivity (Wildman–Crippen MR) is 101 cm³/mol. The summed E-state index contributed by atoms with van der Waals surface area (Å²) in [4.78, 5) is 34.7. The summed E-state index contributed by atoms with van der Waals surface area (Å²) in [5, 5.41) is 17.1. The van der Waals surface area contributed by atoms with Gasteiger partial charge in [0.2, 0.25) is 0 Å². The van der Waals surface area contributed by atoms with E-state index in [1.165, 1.54) is 26.0 Å². The Morgan fingerprint density at radius 3 is 2.25 bits per heavy atom. The molecule has 0 atom stereocenters. The molecular weight excluding hydrogens is 366 g/mol. The molecule has 28 heavy (non-hydrogen) atoms. The third-order valence-electron chi connectivity index (χ3n) is 3.75. The number of nitrogens with zero attached hydrogens (tertiary/aromatic N) is 1. The van der Waals surface area contributed by atoms with Gasteiger partial charge in [0, 0.05) is 37.5 Å². The van der Waals surface area contributed by atoms with Crippen LogP contribution in [0.25, 0.3) is 0 Å².